The van der Waals surface area contributed by atoms with Crippen LogP contribution >= 0.6 is 0 Å². The van der Waals surface area contributed by atoms with E-state index < -0.39 is 11.6 Å². The summed E-state index contributed by atoms with van der Waals surface area (Å²) in [6.07, 6.45) is 2.51. The van der Waals surface area contributed by atoms with Crippen LogP contribution in [0.5, 0.6) is 0 Å². The fraction of sp³-hybridized carbons (Fsp3) is 0.500. The Labute approximate surface area is 112 Å². The van der Waals surface area contributed by atoms with E-state index in [1.807, 2.05) is 6.92 Å². The van der Waals surface area contributed by atoms with Crippen molar-refractivity contribution < 1.29 is 8.78 Å². The molecule has 2 N–H and O–H groups in total. The van der Waals surface area contributed by atoms with Gasteiger partial charge >= 0.3 is 0 Å². The topological polar surface area (TPSA) is 36.4 Å². The maximum absolute atomic E-state index is 13.5. The van der Waals surface area contributed by atoms with Crippen LogP contribution < -0.4 is 10.6 Å². The van der Waals surface area contributed by atoms with Crippen LogP contribution in [0, 0.1) is 17.6 Å². The molecule has 0 saturated heterocycles. The maximum atomic E-state index is 13.5. The standard InChI is InChI=1S/C14H19F2N3/c1-2-17-14(18-8-10-3-4-10)19-9-11-7-12(15)5-6-13(11)16/h5-7,10H,2-4,8-9H2,1H3,(H2,17,18,19). The number of hydrogen-bond donors (Lipinski definition) is 2. The predicted octanol–water partition coefficient (Wildman–Crippen LogP) is 2.43. The van der Waals surface area contributed by atoms with Crippen LogP contribution in [0.25, 0.3) is 0 Å². The van der Waals surface area contributed by atoms with E-state index in [2.05, 4.69) is 15.6 Å². The van der Waals surface area contributed by atoms with Gasteiger partial charge in [0.2, 0.25) is 0 Å². The van der Waals surface area contributed by atoms with Gasteiger partial charge in [0.05, 0.1) is 6.54 Å². The molecule has 0 heterocycles. The van der Waals surface area contributed by atoms with E-state index >= 15 is 0 Å². The molecule has 0 bridgehead atoms. The molecule has 104 valence electrons. The molecule has 0 amide bonds. The van der Waals surface area contributed by atoms with Crippen molar-refractivity contribution in [2.24, 2.45) is 10.9 Å². The van der Waals surface area contributed by atoms with Gasteiger partial charge in [-0.3, -0.25) is 0 Å². The van der Waals surface area contributed by atoms with Crippen LogP contribution in [0.1, 0.15) is 25.3 Å². The number of benzene rings is 1. The number of guanidine groups is 1. The van der Waals surface area contributed by atoms with Gasteiger partial charge in [0.1, 0.15) is 11.6 Å². The lowest BCUT2D eigenvalue weighted by molar-refractivity contribution is 0.585. The molecule has 0 aliphatic heterocycles. The molecule has 1 saturated carbocycles. The Morgan fingerprint density at radius 2 is 2.11 bits per heavy atom. The first-order valence-electron chi connectivity index (χ1n) is 6.65. The summed E-state index contributed by atoms with van der Waals surface area (Å²) in [4.78, 5) is 4.27. The first kappa shape index (κ1) is 13.8. The minimum Gasteiger partial charge on any atom is -0.357 e. The minimum absolute atomic E-state index is 0.129. The van der Waals surface area contributed by atoms with Crippen LogP contribution in [-0.2, 0) is 6.54 Å². The Balaban J connectivity index is 1.96. The largest absolute Gasteiger partial charge is 0.357 e. The van der Waals surface area contributed by atoms with Gasteiger partial charge in [0.25, 0.3) is 0 Å². The average molecular weight is 267 g/mol. The Morgan fingerprint density at radius 3 is 2.79 bits per heavy atom. The van der Waals surface area contributed by atoms with Crippen molar-refractivity contribution >= 4 is 5.96 Å². The number of halogens is 2. The monoisotopic (exact) mass is 267 g/mol. The van der Waals surface area contributed by atoms with Crippen molar-refractivity contribution in [3.05, 3.63) is 35.4 Å². The fourth-order valence-corrected chi connectivity index (χ4v) is 1.73. The predicted molar refractivity (Wildman–Crippen MR) is 71.9 cm³/mol. The van der Waals surface area contributed by atoms with E-state index in [1.54, 1.807) is 0 Å². The normalized spacial score (nSPS) is 15.4. The number of aliphatic imine (C=N–C) groups is 1. The second kappa shape index (κ2) is 6.50. The van der Waals surface area contributed by atoms with Crippen molar-refractivity contribution in [3.8, 4) is 0 Å². The maximum Gasteiger partial charge on any atom is 0.191 e. The molecule has 1 aliphatic carbocycles. The first-order chi connectivity index (χ1) is 9.19. The molecule has 0 spiro atoms. The molecule has 0 atom stereocenters. The zero-order valence-electron chi connectivity index (χ0n) is 11.0. The zero-order chi connectivity index (χ0) is 13.7. The average Bonchev–Trinajstić information content (AvgIpc) is 3.20. The van der Waals surface area contributed by atoms with Gasteiger partial charge in [0.15, 0.2) is 5.96 Å². The van der Waals surface area contributed by atoms with Crippen LogP contribution in [0.3, 0.4) is 0 Å². The molecule has 1 aromatic rings. The summed E-state index contributed by atoms with van der Waals surface area (Å²) in [5.41, 5.74) is 0.267. The van der Waals surface area contributed by atoms with Crippen molar-refractivity contribution in [1.82, 2.24) is 10.6 Å². The molecule has 2 rings (SSSR count). The second-order valence-electron chi connectivity index (χ2n) is 4.76. The Bertz CT molecular complexity index is 456. The molecular formula is C14H19F2N3. The summed E-state index contributed by atoms with van der Waals surface area (Å²) in [7, 11) is 0. The van der Waals surface area contributed by atoms with Gasteiger partial charge in [0, 0.05) is 18.7 Å². The highest BCUT2D eigenvalue weighted by Gasteiger charge is 2.21. The van der Waals surface area contributed by atoms with E-state index in [0.29, 0.717) is 5.96 Å². The third-order valence-corrected chi connectivity index (χ3v) is 3.01. The molecule has 0 radical (unpaired) electrons. The Kier molecular flexibility index (Phi) is 4.71. The molecule has 3 nitrogen and oxygen atoms in total. The quantitative estimate of drug-likeness (QED) is 0.635. The van der Waals surface area contributed by atoms with Crippen LogP contribution in [0.15, 0.2) is 23.2 Å². The van der Waals surface area contributed by atoms with E-state index in [4.69, 9.17) is 0 Å². The highest BCUT2D eigenvalue weighted by Crippen LogP contribution is 2.27. The van der Waals surface area contributed by atoms with Gasteiger partial charge in [-0.2, -0.15) is 0 Å². The molecule has 0 unspecified atom stereocenters. The number of rotatable bonds is 5. The molecule has 1 aliphatic rings. The molecule has 1 aromatic carbocycles. The number of nitrogens with zero attached hydrogens (tertiary/aromatic N) is 1. The summed E-state index contributed by atoms with van der Waals surface area (Å²) in [5.74, 6) is 0.513. The first-order valence-corrected chi connectivity index (χ1v) is 6.65. The molecular weight excluding hydrogens is 248 g/mol. The Morgan fingerprint density at radius 1 is 1.32 bits per heavy atom. The summed E-state index contributed by atoms with van der Waals surface area (Å²) in [6, 6.07) is 3.42. The van der Waals surface area contributed by atoms with Crippen molar-refractivity contribution in [2.45, 2.75) is 26.3 Å². The van der Waals surface area contributed by atoms with Gasteiger partial charge in [-0.15, -0.1) is 0 Å². The van der Waals surface area contributed by atoms with Crippen molar-refractivity contribution in [3.63, 3.8) is 0 Å². The lowest BCUT2D eigenvalue weighted by Crippen LogP contribution is -2.38. The van der Waals surface area contributed by atoms with Crippen molar-refractivity contribution in [1.29, 1.82) is 0 Å². The van der Waals surface area contributed by atoms with Crippen LogP contribution in [0.2, 0.25) is 0 Å². The Hall–Kier alpha value is -1.65. The molecule has 19 heavy (non-hydrogen) atoms. The third-order valence-electron chi connectivity index (χ3n) is 3.01. The van der Waals surface area contributed by atoms with E-state index in [-0.39, 0.29) is 12.1 Å². The SMILES string of the molecule is CCNC(=NCc1cc(F)ccc1F)NCC1CC1. The van der Waals surface area contributed by atoms with E-state index in [1.165, 1.54) is 18.9 Å². The molecule has 0 aromatic heterocycles. The summed E-state index contributed by atoms with van der Waals surface area (Å²) >= 11 is 0. The van der Waals surface area contributed by atoms with E-state index in [0.717, 1.165) is 31.1 Å². The highest BCUT2D eigenvalue weighted by molar-refractivity contribution is 5.79. The highest BCUT2D eigenvalue weighted by atomic mass is 19.1. The molecule has 1 fully saturated rings. The van der Waals surface area contributed by atoms with E-state index in [9.17, 15) is 8.78 Å². The smallest absolute Gasteiger partial charge is 0.191 e. The number of hydrogen-bond acceptors (Lipinski definition) is 1. The van der Waals surface area contributed by atoms with Gasteiger partial charge in [-0.1, -0.05) is 0 Å². The summed E-state index contributed by atoms with van der Waals surface area (Å²) in [5, 5.41) is 6.30. The van der Waals surface area contributed by atoms with Crippen molar-refractivity contribution in [2.75, 3.05) is 13.1 Å². The third kappa shape index (κ3) is 4.50. The minimum atomic E-state index is -0.442. The van der Waals surface area contributed by atoms with Crippen LogP contribution in [-0.4, -0.2) is 19.0 Å². The molecule has 5 heteroatoms. The summed E-state index contributed by atoms with van der Waals surface area (Å²) in [6.45, 7) is 3.72. The van der Waals surface area contributed by atoms with Gasteiger partial charge < -0.3 is 10.6 Å². The van der Waals surface area contributed by atoms with Gasteiger partial charge in [-0.25, -0.2) is 13.8 Å². The summed E-state index contributed by atoms with van der Waals surface area (Å²) < 4.78 is 26.5. The zero-order valence-corrected chi connectivity index (χ0v) is 11.0. The lowest BCUT2D eigenvalue weighted by atomic mass is 10.2. The second-order valence-corrected chi connectivity index (χ2v) is 4.76. The number of nitrogens with one attached hydrogen (secondary N) is 2. The van der Waals surface area contributed by atoms with Gasteiger partial charge in [-0.05, 0) is 43.9 Å². The van der Waals surface area contributed by atoms with Crippen LogP contribution in [0.4, 0.5) is 8.78 Å². The fourth-order valence-electron chi connectivity index (χ4n) is 1.73. The lowest BCUT2D eigenvalue weighted by Gasteiger charge is -2.10.